The number of nitriles is 1. The van der Waals surface area contributed by atoms with Gasteiger partial charge in [-0.1, -0.05) is 19.1 Å². The molecule has 106 valence electrons. The number of hydrogen-bond acceptors (Lipinski definition) is 3. The molecule has 21 heavy (non-hydrogen) atoms. The van der Waals surface area contributed by atoms with Crippen LogP contribution in [0.2, 0.25) is 0 Å². The van der Waals surface area contributed by atoms with Gasteiger partial charge < -0.3 is 10.6 Å². The molecule has 0 saturated carbocycles. The van der Waals surface area contributed by atoms with Crippen molar-refractivity contribution in [1.82, 2.24) is 0 Å². The van der Waals surface area contributed by atoms with Crippen LogP contribution in [0.25, 0.3) is 0 Å². The Morgan fingerprint density at radius 2 is 1.86 bits per heavy atom. The Bertz CT molecular complexity index is 656. The van der Waals surface area contributed by atoms with Gasteiger partial charge in [-0.3, -0.25) is 4.79 Å². The number of nitrogens with zero attached hydrogens (tertiary/aromatic N) is 1. The van der Waals surface area contributed by atoms with E-state index in [1.807, 2.05) is 24.3 Å². The molecule has 0 heterocycles. The van der Waals surface area contributed by atoms with E-state index in [0.29, 0.717) is 16.8 Å². The highest BCUT2D eigenvalue weighted by molar-refractivity contribution is 6.08. The van der Waals surface area contributed by atoms with E-state index in [1.165, 1.54) is 0 Å². The molecule has 2 aromatic carbocycles. The minimum absolute atomic E-state index is 0.168. The second-order valence-electron chi connectivity index (χ2n) is 4.62. The number of anilines is 2. The van der Waals surface area contributed by atoms with Gasteiger partial charge >= 0.3 is 0 Å². The van der Waals surface area contributed by atoms with E-state index in [2.05, 4.69) is 17.6 Å². The molecule has 0 unspecified atom stereocenters. The summed E-state index contributed by atoms with van der Waals surface area (Å²) in [6.45, 7) is 2.90. The van der Waals surface area contributed by atoms with Crippen LogP contribution in [0.4, 0.5) is 11.4 Å². The van der Waals surface area contributed by atoms with E-state index in [9.17, 15) is 4.79 Å². The third kappa shape index (κ3) is 3.83. The summed E-state index contributed by atoms with van der Waals surface area (Å²) in [5, 5.41) is 14.8. The molecule has 0 saturated heterocycles. The fourth-order valence-corrected chi connectivity index (χ4v) is 1.92. The van der Waals surface area contributed by atoms with Crippen LogP contribution in [0.15, 0.2) is 48.5 Å². The van der Waals surface area contributed by atoms with Gasteiger partial charge in [-0.25, -0.2) is 0 Å². The summed E-state index contributed by atoms with van der Waals surface area (Å²) in [4.78, 5) is 12.3. The number of nitrogens with one attached hydrogen (secondary N) is 2. The lowest BCUT2D eigenvalue weighted by Crippen LogP contribution is -2.15. The summed E-state index contributed by atoms with van der Waals surface area (Å²) in [7, 11) is 0. The zero-order valence-electron chi connectivity index (χ0n) is 11.9. The minimum atomic E-state index is -0.168. The molecule has 0 aromatic heterocycles. The largest absolute Gasteiger partial charge is 0.384 e. The number of benzene rings is 2. The maximum atomic E-state index is 12.3. The fourth-order valence-electron chi connectivity index (χ4n) is 1.92. The van der Waals surface area contributed by atoms with Crippen molar-refractivity contribution in [2.75, 3.05) is 17.2 Å². The third-order valence-electron chi connectivity index (χ3n) is 3.01. The summed E-state index contributed by atoms with van der Waals surface area (Å²) >= 11 is 0. The first-order valence-corrected chi connectivity index (χ1v) is 6.89. The molecule has 4 nitrogen and oxygen atoms in total. The lowest BCUT2D eigenvalue weighted by atomic mass is 10.1. The molecular weight excluding hydrogens is 262 g/mol. The van der Waals surface area contributed by atoms with E-state index in [1.54, 1.807) is 30.3 Å². The standard InChI is InChI=1S/C17H17N3O/c1-2-11-19-16-6-4-3-5-15(16)17(21)20-14-9-7-13(12-18)8-10-14/h3-10,19H,2,11H2,1H3,(H,20,21). The summed E-state index contributed by atoms with van der Waals surface area (Å²) in [5.74, 6) is -0.168. The first kappa shape index (κ1) is 14.6. The van der Waals surface area contributed by atoms with Crippen molar-refractivity contribution < 1.29 is 4.79 Å². The fraction of sp³-hybridized carbons (Fsp3) is 0.176. The molecule has 0 bridgehead atoms. The van der Waals surface area contributed by atoms with Gasteiger partial charge in [0.1, 0.15) is 0 Å². The molecule has 2 aromatic rings. The monoisotopic (exact) mass is 279 g/mol. The van der Waals surface area contributed by atoms with Gasteiger partial charge in [-0.15, -0.1) is 0 Å². The first-order valence-electron chi connectivity index (χ1n) is 6.89. The van der Waals surface area contributed by atoms with E-state index in [4.69, 9.17) is 5.26 Å². The van der Waals surface area contributed by atoms with Crippen molar-refractivity contribution in [2.45, 2.75) is 13.3 Å². The van der Waals surface area contributed by atoms with Crippen LogP contribution >= 0.6 is 0 Å². The van der Waals surface area contributed by atoms with Gasteiger partial charge in [-0.05, 0) is 42.8 Å². The van der Waals surface area contributed by atoms with Crippen LogP contribution in [0.1, 0.15) is 29.3 Å². The molecule has 0 aliphatic rings. The van der Waals surface area contributed by atoms with Crippen molar-refractivity contribution in [3.05, 3.63) is 59.7 Å². The molecule has 2 rings (SSSR count). The van der Waals surface area contributed by atoms with E-state index < -0.39 is 0 Å². The number of carbonyl (C=O) groups excluding carboxylic acids is 1. The normalized spacial score (nSPS) is 9.71. The van der Waals surface area contributed by atoms with Crippen molar-refractivity contribution in [1.29, 1.82) is 5.26 Å². The number of rotatable bonds is 5. The Labute approximate surface area is 124 Å². The van der Waals surface area contributed by atoms with Crippen LogP contribution in [-0.4, -0.2) is 12.5 Å². The second-order valence-corrected chi connectivity index (χ2v) is 4.62. The summed E-state index contributed by atoms with van der Waals surface area (Å²) in [6.07, 6.45) is 0.992. The van der Waals surface area contributed by atoms with Gasteiger partial charge in [0, 0.05) is 17.9 Å². The van der Waals surface area contributed by atoms with Crippen molar-refractivity contribution >= 4 is 17.3 Å². The highest BCUT2D eigenvalue weighted by Gasteiger charge is 2.10. The van der Waals surface area contributed by atoms with Crippen LogP contribution in [0.3, 0.4) is 0 Å². The van der Waals surface area contributed by atoms with Crippen LogP contribution < -0.4 is 10.6 Å². The average Bonchev–Trinajstić information content (AvgIpc) is 2.54. The molecule has 0 spiro atoms. The summed E-state index contributed by atoms with van der Waals surface area (Å²) < 4.78 is 0. The lowest BCUT2D eigenvalue weighted by Gasteiger charge is -2.11. The molecule has 0 atom stereocenters. The molecule has 1 amide bonds. The molecular formula is C17H17N3O. The van der Waals surface area contributed by atoms with Gasteiger partial charge in [0.2, 0.25) is 0 Å². The molecule has 2 N–H and O–H groups in total. The van der Waals surface area contributed by atoms with Crippen molar-refractivity contribution in [3.8, 4) is 6.07 Å². The molecule has 0 aliphatic carbocycles. The topological polar surface area (TPSA) is 64.9 Å². The maximum absolute atomic E-state index is 12.3. The lowest BCUT2D eigenvalue weighted by molar-refractivity contribution is 0.102. The van der Waals surface area contributed by atoms with Gasteiger partial charge in [0.05, 0.1) is 17.2 Å². The van der Waals surface area contributed by atoms with E-state index in [-0.39, 0.29) is 5.91 Å². The van der Waals surface area contributed by atoms with Crippen LogP contribution in [0, 0.1) is 11.3 Å². The predicted molar refractivity (Wildman–Crippen MR) is 84.3 cm³/mol. The van der Waals surface area contributed by atoms with Crippen LogP contribution in [-0.2, 0) is 0 Å². The van der Waals surface area contributed by atoms with Crippen molar-refractivity contribution in [2.24, 2.45) is 0 Å². The molecule has 4 heteroatoms. The quantitative estimate of drug-likeness (QED) is 0.878. The molecule has 0 radical (unpaired) electrons. The number of amides is 1. The number of para-hydroxylation sites is 1. The Kier molecular flexibility index (Phi) is 4.94. The highest BCUT2D eigenvalue weighted by Crippen LogP contribution is 2.17. The van der Waals surface area contributed by atoms with Crippen LogP contribution in [0.5, 0.6) is 0 Å². The zero-order valence-corrected chi connectivity index (χ0v) is 11.9. The van der Waals surface area contributed by atoms with Gasteiger partial charge in [0.25, 0.3) is 5.91 Å². The second kappa shape index (κ2) is 7.11. The molecule has 0 aliphatic heterocycles. The van der Waals surface area contributed by atoms with E-state index in [0.717, 1.165) is 18.7 Å². The SMILES string of the molecule is CCCNc1ccccc1C(=O)Nc1ccc(C#N)cc1. The zero-order chi connectivity index (χ0) is 15.1. The Balaban J connectivity index is 2.14. The van der Waals surface area contributed by atoms with Gasteiger partial charge in [-0.2, -0.15) is 5.26 Å². The smallest absolute Gasteiger partial charge is 0.257 e. The maximum Gasteiger partial charge on any atom is 0.257 e. The minimum Gasteiger partial charge on any atom is -0.384 e. The average molecular weight is 279 g/mol. The molecule has 0 fully saturated rings. The summed E-state index contributed by atoms with van der Waals surface area (Å²) in [6, 6.07) is 16.3. The number of carbonyl (C=O) groups is 1. The Morgan fingerprint density at radius 3 is 2.52 bits per heavy atom. The van der Waals surface area contributed by atoms with Gasteiger partial charge in [0.15, 0.2) is 0 Å². The first-order chi connectivity index (χ1) is 10.2. The third-order valence-corrected chi connectivity index (χ3v) is 3.01. The predicted octanol–water partition coefficient (Wildman–Crippen LogP) is 3.63. The Morgan fingerprint density at radius 1 is 1.14 bits per heavy atom. The Hall–Kier alpha value is -2.80. The number of hydrogen-bond donors (Lipinski definition) is 2. The highest BCUT2D eigenvalue weighted by atomic mass is 16.1. The van der Waals surface area contributed by atoms with E-state index >= 15 is 0 Å². The van der Waals surface area contributed by atoms with Crippen molar-refractivity contribution in [3.63, 3.8) is 0 Å². The summed E-state index contributed by atoms with van der Waals surface area (Å²) in [5.41, 5.74) is 2.67.